The summed E-state index contributed by atoms with van der Waals surface area (Å²) in [7, 11) is 1.98. The monoisotopic (exact) mass is 421 g/mol. The summed E-state index contributed by atoms with van der Waals surface area (Å²) in [5, 5.41) is 22.8. The molecule has 9 nitrogen and oxygen atoms in total. The van der Waals surface area contributed by atoms with Gasteiger partial charge >= 0.3 is 0 Å². The summed E-state index contributed by atoms with van der Waals surface area (Å²) < 4.78 is 2.01. The summed E-state index contributed by atoms with van der Waals surface area (Å²) in [4.78, 5) is 7.82. The van der Waals surface area contributed by atoms with E-state index >= 15 is 0 Å². The van der Waals surface area contributed by atoms with E-state index in [1.165, 1.54) is 4.80 Å². The molecule has 4 aromatic rings. The van der Waals surface area contributed by atoms with E-state index in [4.69, 9.17) is 11.6 Å². The van der Waals surface area contributed by atoms with Gasteiger partial charge in [-0.15, -0.1) is 25.2 Å². The van der Waals surface area contributed by atoms with Gasteiger partial charge in [0.15, 0.2) is 11.6 Å². The Hall–Kier alpha value is -3.33. The summed E-state index contributed by atoms with van der Waals surface area (Å²) in [6.07, 6.45) is 6.62. The van der Waals surface area contributed by atoms with Crippen LogP contribution in [0.25, 0.3) is 17.1 Å². The predicted molar refractivity (Wildman–Crippen MR) is 112 cm³/mol. The van der Waals surface area contributed by atoms with Crippen LogP contribution < -0.4 is 4.90 Å². The molecule has 1 aromatic carbocycles. The van der Waals surface area contributed by atoms with Crippen molar-refractivity contribution < 1.29 is 0 Å². The summed E-state index contributed by atoms with van der Waals surface area (Å²) in [6, 6.07) is 11.3. The molecule has 0 N–H and O–H groups in total. The molecule has 152 valence electrons. The molecule has 0 unspecified atom stereocenters. The first-order valence-electron chi connectivity index (χ1n) is 9.83. The highest BCUT2D eigenvalue weighted by molar-refractivity contribution is 6.30. The number of nitrogens with zero attached hydrogens (tertiary/aromatic N) is 9. The first-order chi connectivity index (χ1) is 14.7. The van der Waals surface area contributed by atoms with Crippen LogP contribution in [0.15, 0.2) is 48.8 Å². The van der Waals surface area contributed by atoms with E-state index in [0.29, 0.717) is 10.8 Å². The predicted octanol–water partition coefficient (Wildman–Crippen LogP) is 3.24. The number of piperidine rings is 1. The maximum absolute atomic E-state index is 6.10. The van der Waals surface area contributed by atoms with Crippen LogP contribution in [-0.4, -0.2) is 46.5 Å². The Morgan fingerprint density at radius 1 is 1.03 bits per heavy atom. The number of rotatable bonds is 4. The van der Waals surface area contributed by atoms with Gasteiger partial charge in [-0.3, -0.25) is 9.55 Å². The van der Waals surface area contributed by atoms with E-state index in [-0.39, 0.29) is 6.04 Å². The Bertz CT molecular complexity index is 1150. The van der Waals surface area contributed by atoms with Crippen LogP contribution in [0.5, 0.6) is 0 Å². The highest BCUT2D eigenvalue weighted by atomic mass is 35.5. The molecule has 1 aliphatic rings. The highest BCUT2D eigenvalue weighted by Crippen LogP contribution is 2.33. The Kier molecular flexibility index (Phi) is 4.88. The van der Waals surface area contributed by atoms with E-state index in [0.717, 1.165) is 48.8 Å². The lowest BCUT2D eigenvalue weighted by atomic mass is 10.0. The first kappa shape index (κ1) is 18.7. The molecule has 1 aliphatic heterocycles. The summed E-state index contributed by atoms with van der Waals surface area (Å²) in [6.45, 7) is 0.860. The zero-order chi connectivity index (χ0) is 20.5. The number of benzene rings is 1. The molecule has 0 bridgehead atoms. The Labute approximate surface area is 178 Å². The Morgan fingerprint density at radius 3 is 2.73 bits per heavy atom. The molecule has 1 saturated heterocycles. The van der Waals surface area contributed by atoms with Crippen molar-refractivity contribution in [3.8, 4) is 17.1 Å². The van der Waals surface area contributed by atoms with Crippen molar-refractivity contribution in [2.45, 2.75) is 25.3 Å². The van der Waals surface area contributed by atoms with Crippen molar-refractivity contribution in [3.63, 3.8) is 0 Å². The van der Waals surface area contributed by atoms with E-state index in [1.54, 1.807) is 12.4 Å². The number of tetrazole rings is 1. The molecule has 4 heterocycles. The number of anilines is 1. The third-order valence-electron chi connectivity index (χ3n) is 5.32. The van der Waals surface area contributed by atoms with E-state index in [2.05, 4.69) is 35.5 Å². The van der Waals surface area contributed by atoms with Gasteiger partial charge in [-0.05, 0) is 54.8 Å². The third kappa shape index (κ3) is 3.41. The quantitative estimate of drug-likeness (QED) is 0.499. The van der Waals surface area contributed by atoms with Crippen LogP contribution in [0.1, 0.15) is 31.1 Å². The Morgan fingerprint density at radius 2 is 1.90 bits per heavy atom. The molecule has 30 heavy (non-hydrogen) atoms. The molecule has 0 radical (unpaired) electrons. The van der Waals surface area contributed by atoms with Crippen LogP contribution in [0.3, 0.4) is 0 Å². The normalized spacial score (nSPS) is 16.7. The molecular formula is C20H20ClN9. The SMILES string of the molecule is Cn1c(-c2ccncc2)nnc1N1CCCC[C@H]1c1nnn(-c2cccc(Cl)c2)n1. The van der Waals surface area contributed by atoms with Gasteiger partial charge in [-0.25, -0.2) is 0 Å². The van der Waals surface area contributed by atoms with Crippen LogP contribution in [0, 0.1) is 0 Å². The first-order valence-corrected chi connectivity index (χ1v) is 10.2. The van der Waals surface area contributed by atoms with Crippen LogP contribution in [0.2, 0.25) is 5.02 Å². The lowest BCUT2D eigenvalue weighted by Crippen LogP contribution is -2.36. The minimum Gasteiger partial charge on any atom is -0.330 e. The van der Waals surface area contributed by atoms with Gasteiger partial charge in [-0.2, -0.15) is 0 Å². The fourth-order valence-electron chi connectivity index (χ4n) is 3.83. The van der Waals surface area contributed by atoms with Gasteiger partial charge < -0.3 is 4.90 Å². The average Bonchev–Trinajstić information content (AvgIpc) is 3.42. The van der Waals surface area contributed by atoms with Crippen molar-refractivity contribution in [1.82, 2.24) is 40.0 Å². The molecule has 3 aromatic heterocycles. The molecule has 0 spiro atoms. The second kappa shape index (κ2) is 7.83. The molecule has 0 aliphatic carbocycles. The third-order valence-corrected chi connectivity index (χ3v) is 5.55. The zero-order valence-electron chi connectivity index (χ0n) is 16.4. The molecule has 1 atom stereocenters. The van der Waals surface area contributed by atoms with Crippen LogP contribution >= 0.6 is 11.6 Å². The fraction of sp³-hybridized carbons (Fsp3) is 0.300. The smallest absolute Gasteiger partial charge is 0.227 e. The van der Waals surface area contributed by atoms with Crippen LogP contribution in [0.4, 0.5) is 5.95 Å². The van der Waals surface area contributed by atoms with Crippen molar-refractivity contribution in [2.24, 2.45) is 7.05 Å². The van der Waals surface area contributed by atoms with E-state index in [9.17, 15) is 0 Å². The Balaban J connectivity index is 1.47. The maximum atomic E-state index is 6.10. The number of pyridine rings is 1. The minimum atomic E-state index is -0.0140. The molecule has 0 amide bonds. The second-order valence-electron chi connectivity index (χ2n) is 7.24. The molecule has 0 saturated carbocycles. The minimum absolute atomic E-state index is 0.0140. The van der Waals surface area contributed by atoms with Crippen molar-refractivity contribution in [2.75, 3.05) is 11.4 Å². The highest BCUT2D eigenvalue weighted by Gasteiger charge is 2.31. The molecule has 1 fully saturated rings. The van der Waals surface area contributed by atoms with Gasteiger partial charge in [0.2, 0.25) is 5.95 Å². The van der Waals surface area contributed by atoms with Gasteiger partial charge in [0, 0.05) is 36.6 Å². The standard InChI is InChI=1S/C20H20ClN9/c1-28-19(14-8-10-22-11-9-14)24-25-20(28)29-12-3-2-7-17(29)18-23-27-30(26-18)16-6-4-5-15(21)13-16/h4-6,8-11,13,17H,2-3,7,12H2,1H3/t17-/m0/s1. The summed E-state index contributed by atoms with van der Waals surface area (Å²) in [5.41, 5.74) is 1.76. The average molecular weight is 422 g/mol. The van der Waals surface area contributed by atoms with E-state index < -0.39 is 0 Å². The lowest BCUT2D eigenvalue weighted by Gasteiger charge is -2.34. The molecule has 10 heteroatoms. The molecule has 5 rings (SSSR count). The largest absolute Gasteiger partial charge is 0.330 e. The zero-order valence-corrected chi connectivity index (χ0v) is 17.2. The van der Waals surface area contributed by atoms with Gasteiger partial charge in [0.25, 0.3) is 0 Å². The number of hydrogen-bond donors (Lipinski definition) is 0. The van der Waals surface area contributed by atoms with Crippen molar-refractivity contribution in [1.29, 1.82) is 0 Å². The van der Waals surface area contributed by atoms with Gasteiger partial charge in [0.1, 0.15) is 0 Å². The lowest BCUT2D eigenvalue weighted by molar-refractivity contribution is 0.445. The summed E-state index contributed by atoms with van der Waals surface area (Å²) in [5.74, 6) is 2.26. The number of aromatic nitrogens is 8. The van der Waals surface area contributed by atoms with Crippen molar-refractivity contribution >= 4 is 17.5 Å². The van der Waals surface area contributed by atoms with Gasteiger partial charge in [0.05, 0.1) is 11.7 Å². The van der Waals surface area contributed by atoms with E-state index in [1.807, 2.05) is 48.0 Å². The topological polar surface area (TPSA) is 90.4 Å². The summed E-state index contributed by atoms with van der Waals surface area (Å²) >= 11 is 6.10. The fourth-order valence-corrected chi connectivity index (χ4v) is 4.02. The molecular weight excluding hydrogens is 402 g/mol. The van der Waals surface area contributed by atoms with Crippen molar-refractivity contribution in [3.05, 3.63) is 59.6 Å². The second-order valence-corrected chi connectivity index (χ2v) is 7.68. The number of hydrogen-bond acceptors (Lipinski definition) is 7. The van der Waals surface area contributed by atoms with Gasteiger partial charge in [-0.1, -0.05) is 17.7 Å². The maximum Gasteiger partial charge on any atom is 0.227 e. The van der Waals surface area contributed by atoms with Crippen LogP contribution in [-0.2, 0) is 7.05 Å². The number of halogens is 1.